The third-order valence-corrected chi connectivity index (χ3v) is 5.47. The molecule has 1 unspecified atom stereocenters. The number of fused-ring (bicyclic) bond motifs is 3. The van der Waals surface area contributed by atoms with Crippen molar-refractivity contribution in [3.63, 3.8) is 0 Å². The average molecular weight is 317 g/mol. The predicted molar refractivity (Wildman–Crippen MR) is 98.5 cm³/mol. The van der Waals surface area contributed by atoms with Crippen LogP contribution in [0.25, 0.3) is 10.9 Å². The number of para-hydroxylation sites is 1. The van der Waals surface area contributed by atoms with E-state index < -0.39 is 0 Å². The lowest BCUT2D eigenvalue weighted by Gasteiger charge is -2.34. The molecule has 2 heteroatoms. The van der Waals surface area contributed by atoms with E-state index in [4.69, 9.17) is 0 Å². The highest BCUT2D eigenvalue weighted by atomic mass is 16.1. The lowest BCUT2D eigenvalue weighted by molar-refractivity contribution is -0.109. The van der Waals surface area contributed by atoms with E-state index in [-0.39, 0.29) is 11.3 Å². The van der Waals surface area contributed by atoms with Gasteiger partial charge in [0, 0.05) is 23.1 Å². The second-order valence-electron chi connectivity index (χ2n) is 7.51. The molecule has 0 saturated carbocycles. The van der Waals surface area contributed by atoms with Crippen LogP contribution in [0, 0.1) is 0 Å². The Labute approximate surface area is 143 Å². The summed E-state index contributed by atoms with van der Waals surface area (Å²) in [6.07, 6.45) is 3.14. The van der Waals surface area contributed by atoms with Gasteiger partial charge in [-0.05, 0) is 35.4 Å². The first-order chi connectivity index (χ1) is 11.6. The first kappa shape index (κ1) is 15.2. The molecule has 3 aromatic rings. The van der Waals surface area contributed by atoms with Crippen molar-refractivity contribution < 1.29 is 4.79 Å². The van der Waals surface area contributed by atoms with Crippen molar-refractivity contribution in [1.82, 2.24) is 4.57 Å². The Bertz CT molecular complexity index is 889. The molecule has 4 rings (SSSR count). The molecule has 1 atom stereocenters. The van der Waals surface area contributed by atoms with E-state index in [1.165, 1.54) is 27.7 Å². The molecular formula is C22H23NO. The summed E-state index contributed by atoms with van der Waals surface area (Å²) in [5.41, 5.74) is 5.22. The number of hydrogen-bond acceptors (Lipinski definition) is 1. The molecule has 0 N–H and O–H groups in total. The lowest BCUT2D eigenvalue weighted by atomic mass is 9.71. The zero-order chi connectivity index (χ0) is 16.7. The van der Waals surface area contributed by atoms with E-state index in [1.54, 1.807) is 0 Å². The van der Waals surface area contributed by atoms with Crippen LogP contribution in [0.1, 0.15) is 49.4 Å². The van der Waals surface area contributed by atoms with E-state index >= 15 is 0 Å². The Morgan fingerprint density at radius 3 is 2.54 bits per heavy atom. The monoisotopic (exact) mass is 317 g/mol. The number of carbonyl (C=O) groups excluding carboxylic acids is 1. The normalized spacial score (nSPS) is 19.2. The highest BCUT2D eigenvalue weighted by molar-refractivity contribution is 5.89. The quantitative estimate of drug-likeness (QED) is 0.620. The van der Waals surface area contributed by atoms with E-state index in [0.29, 0.717) is 0 Å². The summed E-state index contributed by atoms with van der Waals surface area (Å²) in [4.78, 5) is 11.8. The van der Waals surface area contributed by atoms with Crippen LogP contribution in [-0.4, -0.2) is 10.9 Å². The highest BCUT2D eigenvalue weighted by Gasteiger charge is 2.37. The van der Waals surface area contributed by atoms with Crippen LogP contribution in [-0.2, 0) is 16.8 Å². The Hall–Kier alpha value is -2.35. The fourth-order valence-electron chi connectivity index (χ4n) is 4.27. The Morgan fingerprint density at radius 1 is 1.08 bits per heavy atom. The van der Waals surface area contributed by atoms with Gasteiger partial charge in [0.1, 0.15) is 6.29 Å². The third-order valence-electron chi connectivity index (χ3n) is 5.47. The van der Waals surface area contributed by atoms with Gasteiger partial charge >= 0.3 is 0 Å². The summed E-state index contributed by atoms with van der Waals surface area (Å²) in [5.74, 6) is 0.00383. The second-order valence-corrected chi connectivity index (χ2v) is 7.51. The van der Waals surface area contributed by atoms with Crippen molar-refractivity contribution in [1.29, 1.82) is 0 Å². The minimum Gasteiger partial charge on any atom is -0.339 e. The van der Waals surface area contributed by atoms with Crippen molar-refractivity contribution in [2.24, 2.45) is 0 Å². The number of hydrogen-bond donors (Lipinski definition) is 0. The van der Waals surface area contributed by atoms with Crippen LogP contribution in [0.2, 0.25) is 0 Å². The van der Waals surface area contributed by atoms with Crippen LogP contribution in [0.4, 0.5) is 0 Å². The van der Waals surface area contributed by atoms with Gasteiger partial charge in [0.2, 0.25) is 0 Å². The third kappa shape index (κ3) is 2.29. The molecular weight excluding hydrogens is 294 g/mol. The molecule has 0 aliphatic heterocycles. The number of rotatable bonds is 3. The number of benzene rings is 2. The van der Waals surface area contributed by atoms with Gasteiger partial charge in [0.05, 0.1) is 5.92 Å². The van der Waals surface area contributed by atoms with Crippen molar-refractivity contribution in [2.75, 3.05) is 0 Å². The van der Waals surface area contributed by atoms with Crippen molar-refractivity contribution in [3.8, 4) is 0 Å². The number of aldehydes is 1. The number of nitrogens with zero attached hydrogens (tertiary/aromatic N) is 1. The Kier molecular flexibility index (Phi) is 3.56. The van der Waals surface area contributed by atoms with Gasteiger partial charge in [-0.1, -0.05) is 62.4 Å². The maximum atomic E-state index is 11.8. The minimum atomic E-state index is 0.00383. The standard InChI is InChI=1S/C22H23NO/c1-22(2)13-12-17(15-24)21-20(22)18-10-6-7-11-19(18)23(21)14-16-8-4-3-5-9-16/h3-11,15,17H,12-14H2,1-2H3. The van der Waals surface area contributed by atoms with Crippen LogP contribution in [0.15, 0.2) is 54.6 Å². The molecule has 122 valence electrons. The molecule has 24 heavy (non-hydrogen) atoms. The molecule has 1 aromatic heterocycles. The first-order valence-corrected chi connectivity index (χ1v) is 8.72. The molecule has 0 spiro atoms. The zero-order valence-electron chi connectivity index (χ0n) is 14.3. The summed E-state index contributed by atoms with van der Waals surface area (Å²) >= 11 is 0. The molecule has 1 aliphatic rings. The average Bonchev–Trinajstić information content (AvgIpc) is 2.92. The van der Waals surface area contributed by atoms with E-state index in [1.807, 2.05) is 6.07 Å². The minimum absolute atomic E-state index is 0.00383. The van der Waals surface area contributed by atoms with Crippen LogP contribution in [0.5, 0.6) is 0 Å². The molecule has 1 aliphatic carbocycles. The lowest BCUT2D eigenvalue weighted by Crippen LogP contribution is -2.27. The fraction of sp³-hybridized carbons (Fsp3) is 0.318. The van der Waals surface area contributed by atoms with Gasteiger partial charge in [0.25, 0.3) is 0 Å². The van der Waals surface area contributed by atoms with Gasteiger partial charge in [-0.15, -0.1) is 0 Å². The topological polar surface area (TPSA) is 22.0 Å². The summed E-state index contributed by atoms with van der Waals surface area (Å²) in [7, 11) is 0. The molecule has 2 nitrogen and oxygen atoms in total. The summed E-state index contributed by atoms with van der Waals surface area (Å²) in [5, 5.41) is 1.31. The van der Waals surface area contributed by atoms with Crippen LogP contribution >= 0.6 is 0 Å². The summed E-state index contributed by atoms with van der Waals surface area (Å²) in [6, 6.07) is 19.1. The second kappa shape index (κ2) is 5.62. The highest BCUT2D eigenvalue weighted by Crippen LogP contribution is 2.47. The van der Waals surface area contributed by atoms with Crippen LogP contribution < -0.4 is 0 Å². The van der Waals surface area contributed by atoms with Crippen LogP contribution in [0.3, 0.4) is 0 Å². The zero-order valence-corrected chi connectivity index (χ0v) is 14.3. The molecule has 0 bridgehead atoms. The van der Waals surface area contributed by atoms with Crippen molar-refractivity contribution >= 4 is 17.2 Å². The Balaban J connectivity index is 2.00. The number of aromatic nitrogens is 1. The molecule has 0 amide bonds. The predicted octanol–water partition coefficient (Wildman–Crippen LogP) is 5.04. The SMILES string of the molecule is CC1(C)CCC(C=O)c2c1c1ccccc1n2Cc1ccccc1. The van der Waals surface area contributed by atoms with Gasteiger partial charge < -0.3 is 9.36 Å². The largest absolute Gasteiger partial charge is 0.339 e. The molecule has 0 radical (unpaired) electrons. The van der Waals surface area contributed by atoms with Crippen molar-refractivity contribution in [3.05, 3.63) is 71.4 Å². The molecule has 0 fully saturated rings. The van der Waals surface area contributed by atoms with E-state index in [2.05, 4.69) is 66.9 Å². The Morgan fingerprint density at radius 2 is 1.79 bits per heavy atom. The van der Waals surface area contributed by atoms with Gasteiger partial charge in [-0.25, -0.2) is 0 Å². The molecule has 2 aromatic carbocycles. The van der Waals surface area contributed by atoms with E-state index in [0.717, 1.165) is 25.7 Å². The molecule has 1 heterocycles. The van der Waals surface area contributed by atoms with E-state index in [9.17, 15) is 4.79 Å². The summed E-state index contributed by atoms with van der Waals surface area (Å²) < 4.78 is 2.37. The smallest absolute Gasteiger partial charge is 0.128 e. The van der Waals surface area contributed by atoms with Gasteiger partial charge in [0.15, 0.2) is 0 Å². The number of carbonyl (C=O) groups is 1. The maximum absolute atomic E-state index is 11.8. The fourth-order valence-corrected chi connectivity index (χ4v) is 4.27. The molecule has 0 saturated heterocycles. The first-order valence-electron chi connectivity index (χ1n) is 8.72. The van der Waals surface area contributed by atoms with Gasteiger partial charge in [-0.3, -0.25) is 0 Å². The maximum Gasteiger partial charge on any atom is 0.128 e. The van der Waals surface area contributed by atoms with Gasteiger partial charge in [-0.2, -0.15) is 0 Å². The van der Waals surface area contributed by atoms with Crippen molar-refractivity contribution in [2.45, 2.75) is 44.6 Å². The summed E-state index contributed by atoms with van der Waals surface area (Å²) in [6.45, 7) is 5.44.